The topological polar surface area (TPSA) is 68.0 Å². The quantitative estimate of drug-likeness (QED) is 0.837. The molecular formula is C13H13N3O2. The van der Waals surface area contributed by atoms with E-state index in [0.717, 1.165) is 23.2 Å². The maximum Gasteiger partial charge on any atom is 0.328 e. The SMILES string of the molecule is Cc1nc(C)n(-c2ccccc2C=CC(=O)O)n1. The van der Waals surface area contributed by atoms with E-state index in [0.29, 0.717) is 5.82 Å². The van der Waals surface area contributed by atoms with Gasteiger partial charge in [-0.2, -0.15) is 5.10 Å². The van der Waals surface area contributed by atoms with Crippen LogP contribution in [0.2, 0.25) is 0 Å². The van der Waals surface area contributed by atoms with Gasteiger partial charge >= 0.3 is 5.97 Å². The number of carboxylic acid groups (broad SMARTS) is 1. The molecule has 0 radical (unpaired) electrons. The molecule has 0 bridgehead atoms. The summed E-state index contributed by atoms with van der Waals surface area (Å²) in [7, 11) is 0. The van der Waals surface area contributed by atoms with Gasteiger partial charge in [0.1, 0.15) is 11.6 Å². The molecule has 0 aliphatic carbocycles. The molecule has 0 fully saturated rings. The Kier molecular flexibility index (Phi) is 3.23. The summed E-state index contributed by atoms with van der Waals surface area (Å²) in [5, 5.41) is 13.0. The predicted octanol–water partition coefficient (Wildman–Crippen LogP) is 1.98. The maximum atomic E-state index is 10.6. The Bertz CT molecular complexity index is 614. The second-order valence-corrected chi connectivity index (χ2v) is 3.85. The number of aryl methyl sites for hydroxylation is 2. The first-order chi connectivity index (χ1) is 8.58. The zero-order chi connectivity index (χ0) is 13.1. The third kappa shape index (κ3) is 2.45. The summed E-state index contributed by atoms with van der Waals surface area (Å²) >= 11 is 0. The Labute approximate surface area is 104 Å². The van der Waals surface area contributed by atoms with E-state index in [-0.39, 0.29) is 0 Å². The summed E-state index contributed by atoms with van der Waals surface area (Å²) in [5.74, 6) is 0.476. The van der Waals surface area contributed by atoms with E-state index in [1.165, 1.54) is 0 Å². The zero-order valence-corrected chi connectivity index (χ0v) is 10.2. The molecule has 0 saturated heterocycles. The summed E-state index contributed by atoms with van der Waals surface area (Å²) in [6.07, 6.45) is 2.66. The van der Waals surface area contributed by atoms with Crippen molar-refractivity contribution < 1.29 is 9.90 Å². The van der Waals surface area contributed by atoms with Crippen molar-refractivity contribution in [3.8, 4) is 5.69 Å². The number of nitrogens with zero attached hydrogens (tertiary/aromatic N) is 3. The molecule has 92 valence electrons. The van der Waals surface area contributed by atoms with Crippen LogP contribution in [0.1, 0.15) is 17.2 Å². The van der Waals surface area contributed by atoms with Gasteiger partial charge in [-0.25, -0.2) is 14.5 Å². The third-order valence-electron chi connectivity index (χ3n) is 2.45. The lowest BCUT2D eigenvalue weighted by Gasteiger charge is -2.06. The van der Waals surface area contributed by atoms with Gasteiger partial charge in [-0.15, -0.1) is 0 Å². The summed E-state index contributed by atoms with van der Waals surface area (Å²) in [6, 6.07) is 7.45. The predicted molar refractivity (Wildman–Crippen MR) is 67.5 cm³/mol. The number of benzene rings is 1. The number of hydrogen-bond donors (Lipinski definition) is 1. The number of carbonyl (C=O) groups is 1. The van der Waals surface area contributed by atoms with Crippen LogP contribution in [-0.4, -0.2) is 25.8 Å². The van der Waals surface area contributed by atoms with E-state index in [2.05, 4.69) is 10.1 Å². The number of aromatic nitrogens is 3. The van der Waals surface area contributed by atoms with E-state index < -0.39 is 5.97 Å². The molecule has 1 heterocycles. The van der Waals surface area contributed by atoms with Crippen LogP contribution in [0.15, 0.2) is 30.3 Å². The van der Waals surface area contributed by atoms with Crippen LogP contribution in [0.5, 0.6) is 0 Å². The van der Waals surface area contributed by atoms with Gasteiger partial charge in [-0.1, -0.05) is 18.2 Å². The minimum Gasteiger partial charge on any atom is -0.478 e. The second-order valence-electron chi connectivity index (χ2n) is 3.85. The smallest absolute Gasteiger partial charge is 0.328 e. The molecule has 0 amide bonds. The van der Waals surface area contributed by atoms with Crippen molar-refractivity contribution in [2.24, 2.45) is 0 Å². The lowest BCUT2D eigenvalue weighted by Crippen LogP contribution is -2.01. The number of para-hydroxylation sites is 1. The van der Waals surface area contributed by atoms with E-state index >= 15 is 0 Å². The minimum atomic E-state index is -0.976. The fourth-order valence-corrected chi connectivity index (χ4v) is 1.73. The third-order valence-corrected chi connectivity index (χ3v) is 2.45. The van der Waals surface area contributed by atoms with Crippen molar-refractivity contribution >= 4 is 12.0 Å². The van der Waals surface area contributed by atoms with Crippen LogP contribution < -0.4 is 0 Å². The van der Waals surface area contributed by atoms with Gasteiger partial charge in [0, 0.05) is 11.6 Å². The molecular weight excluding hydrogens is 230 g/mol. The standard InChI is InChI=1S/C13H13N3O2/c1-9-14-10(2)16(15-9)12-6-4-3-5-11(12)7-8-13(17)18/h3-8H,1-2H3,(H,17,18). The van der Waals surface area contributed by atoms with Crippen molar-refractivity contribution in [2.75, 3.05) is 0 Å². The highest BCUT2D eigenvalue weighted by molar-refractivity contribution is 5.86. The molecule has 0 saturated carbocycles. The summed E-state index contributed by atoms with van der Waals surface area (Å²) in [4.78, 5) is 14.8. The Hall–Kier alpha value is -2.43. The summed E-state index contributed by atoms with van der Waals surface area (Å²) in [6.45, 7) is 3.68. The highest BCUT2D eigenvalue weighted by Crippen LogP contribution is 2.16. The van der Waals surface area contributed by atoms with Gasteiger partial charge < -0.3 is 5.11 Å². The highest BCUT2D eigenvalue weighted by Gasteiger charge is 2.07. The Morgan fingerprint density at radius 3 is 2.67 bits per heavy atom. The molecule has 2 rings (SSSR count). The largest absolute Gasteiger partial charge is 0.478 e. The van der Waals surface area contributed by atoms with Gasteiger partial charge in [0.15, 0.2) is 0 Å². The molecule has 18 heavy (non-hydrogen) atoms. The summed E-state index contributed by atoms with van der Waals surface area (Å²) < 4.78 is 1.71. The first kappa shape index (κ1) is 12.0. The van der Waals surface area contributed by atoms with Gasteiger partial charge in [-0.05, 0) is 26.0 Å². The van der Waals surface area contributed by atoms with Crippen LogP contribution in [0.3, 0.4) is 0 Å². The number of carboxylic acids is 1. The molecule has 5 heteroatoms. The van der Waals surface area contributed by atoms with Gasteiger partial charge in [0.05, 0.1) is 5.69 Å². The van der Waals surface area contributed by atoms with Crippen molar-refractivity contribution in [2.45, 2.75) is 13.8 Å². The van der Waals surface area contributed by atoms with E-state index in [9.17, 15) is 4.79 Å². The number of aliphatic carboxylic acids is 1. The van der Waals surface area contributed by atoms with Crippen LogP contribution in [0.4, 0.5) is 0 Å². The Morgan fingerprint density at radius 2 is 2.06 bits per heavy atom. The number of hydrogen-bond acceptors (Lipinski definition) is 3. The zero-order valence-electron chi connectivity index (χ0n) is 10.2. The lowest BCUT2D eigenvalue weighted by molar-refractivity contribution is -0.131. The van der Waals surface area contributed by atoms with Crippen LogP contribution in [0.25, 0.3) is 11.8 Å². The maximum absolute atomic E-state index is 10.6. The molecule has 0 aliphatic rings. The molecule has 1 aromatic heterocycles. The van der Waals surface area contributed by atoms with E-state index in [1.54, 1.807) is 10.8 Å². The molecule has 0 aliphatic heterocycles. The monoisotopic (exact) mass is 243 g/mol. The first-order valence-corrected chi connectivity index (χ1v) is 5.48. The van der Waals surface area contributed by atoms with Crippen LogP contribution >= 0.6 is 0 Å². The molecule has 0 spiro atoms. The molecule has 0 atom stereocenters. The normalized spacial score (nSPS) is 11.0. The van der Waals surface area contributed by atoms with Crippen LogP contribution in [0, 0.1) is 13.8 Å². The minimum absolute atomic E-state index is 0.685. The lowest BCUT2D eigenvalue weighted by atomic mass is 10.1. The highest BCUT2D eigenvalue weighted by atomic mass is 16.4. The molecule has 1 N–H and O–H groups in total. The van der Waals surface area contributed by atoms with Crippen molar-refractivity contribution in [3.63, 3.8) is 0 Å². The molecule has 2 aromatic rings. The Balaban J connectivity index is 2.51. The van der Waals surface area contributed by atoms with E-state index in [1.807, 2.05) is 38.1 Å². The van der Waals surface area contributed by atoms with Gasteiger partial charge in [0.2, 0.25) is 0 Å². The average Bonchev–Trinajstić information content (AvgIpc) is 2.66. The molecule has 1 aromatic carbocycles. The van der Waals surface area contributed by atoms with Gasteiger partial charge in [-0.3, -0.25) is 0 Å². The van der Waals surface area contributed by atoms with Crippen molar-refractivity contribution in [1.29, 1.82) is 0 Å². The van der Waals surface area contributed by atoms with Crippen molar-refractivity contribution in [1.82, 2.24) is 14.8 Å². The second kappa shape index (κ2) is 4.83. The average molecular weight is 243 g/mol. The first-order valence-electron chi connectivity index (χ1n) is 5.48. The fraction of sp³-hybridized carbons (Fsp3) is 0.154. The molecule has 5 nitrogen and oxygen atoms in total. The van der Waals surface area contributed by atoms with Gasteiger partial charge in [0.25, 0.3) is 0 Å². The fourth-order valence-electron chi connectivity index (χ4n) is 1.73. The van der Waals surface area contributed by atoms with E-state index in [4.69, 9.17) is 5.11 Å². The van der Waals surface area contributed by atoms with Crippen LogP contribution in [-0.2, 0) is 4.79 Å². The molecule has 0 unspecified atom stereocenters. The van der Waals surface area contributed by atoms with Crippen molar-refractivity contribution in [3.05, 3.63) is 47.6 Å². The summed E-state index contributed by atoms with van der Waals surface area (Å²) in [5.41, 5.74) is 1.60. The number of rotatable bonds is 3. The Morgan fingerprint density at radius 1 is 1.33 bits per heavy atom.